The number of piperazine rings is 1. The number of nitrogens with zero attached hydrogens (tertiary/aromatic N) is 2. The SMILES string of the molecule is CCN1CCN(c2ccc(NC(=O)c3ccc4c(c3)C(=O)c3ccccc3-4)cc2)CC1. The van der Waals surface area contributed by atoms with Crippen molar-refractivity contribution in [2.75, 3.05) is 42.9 Å². The highest BCUT2D eigenvalue weighted by atomic mass is 16.1. The van der Waals surface area contributed by atoms with E-state index in [-0.39, 0.29) is 11.7 Å². The van der Waals surface area contributed by atoms with Gasteiger partial charge < -0.3 is 15.1 Å². The summed E-state index contributed by atoms with van der Waals surface area (Å²) in [5, 5.41) is 2.95. The highest BCUT2D eigenvalue weighted by Crippen LogP contribution is 2.36. The Balaban J connectivity index is 1.29. The van der Waals surface area contributed by atoms with Gasteiger partial charge in [-0.2, -0.15) is 0 Å². The van der Waals surface area contributed by atoms with Gasteiger partial charge in [-0.15, -0.1) is 0 Å². The summed E-state index contributed by atoms with van der Waals surface area (Å²) in [6.07, 6.45) is 0. The Bertz CT molecular complexity index is 1150. The molecule has 1 amide bonds. The average molecular weight is 412 g/mol. The lowest BCUT2D eigenvalue weighted by atomic mass is 10.0. The number of amides is 1. The van der Waals surface area contributed by atoms with Crippen LogP contribution >= 0.6 is 0 Å². The molecule has 3 aromatic rings. The normalized spacial score (nSPS) is 15.5. The number of ketones is 1. The molecule has 0 saturated carbocycles. The number of rotatable bonds is 4. The summed E-state index contributed by atoms with van der Waals surface area (Å²) >= 11 is 0. The summed E-state index contributed by atoms with van der Waals surface area (Å²) in [4.78, 5) is 30.3. The summed E-state index contributed by atoms with van der Waals surface area (Å²) in [5.74, 6) is -0.233. The number of carbonyl (C=O) groups excluding carboxylic acids is 2. The van der Waals surface area contributed by atoms with E-state index in [0.717, 1.165) is 49.5 Å². The van der Waals surface area contributed by atoms with Gasteiger partial charge in [-0.3, -0.25) is 9.59 Å². The lowest BCUT2D eigenvalue weighted by molar-refractivity contribution is 0.102. The highest BCUT2D eigenvalue weighted by molar-refractivity contribution is 6.22. The molecule has 0 unspecified atom stereocenters. The molecular weight excluding hydrogens is 386 g/mol. The Morgan fingerprint density at radius 2 is 1.52 bits per heavy atom. The molecule has 5 rings (SSSR count). The first-order valence-corrected chi connectivity index (χ1v) is 10.8. The van der Waals surface area contributed by atoms with Crippen LogP contribution in [0, 0.1) is 0 Å². The lowest BCUT2D eigenvalue weighted by Gasteiger charge is -2.35. The second-order valence-electron chi connectivity index (χ2n) is 8.06. The second-order valence-corrected chi connectivity index (χ2v) is 8.06. The number of fused-ring (bicyclic) bond motifs is 3. The molecule has 3 aromatic carbocycles. The molecule has 1 N–H and O–H groups in total. The van der Waals surface area contributed by atoms with Crippen LogP contribution in [0.1, 0.15) is 33.2 Å². The van der Waals surface area contributed by atoms with Gasteiger partial charge in [-0.1, -0.05) is 37.3 Å². The Hall–Kier alpha value is -3.44. The number of benzene rings is 3. The molecule has 5 heteroatoms. The van der Waals surface area contributed by atoms with Crippen molar-refractivity contribution in [3.63, 3.8) is 0 Å². The first kappa shape index (κ1) is 19.5. The van der Waals surface area contributed by atoms with E-state index in [2.05, 4.69) is 34.2 Å². The third-order valence-corrected chi connectivity index (χ3v) is 6.30. The molecule has 2 aliphatic rings. The highest BCUT2D eigenvalue weighted by Gasteiger charge is 2.27. The Morgan fingerprint density at radius 3 is 2.23 bits per heavy atom. The molecule has 156 valence electrons. The quantitative estimate of drug-likeness (QED) is 0.544. The fraction of sp³-hybridized carbons (Fsp3) is 0.231. The molecule has 1 aliphatic carbocycles. The molecule has 1 fully saturated rings. The zero-order chi connectivity index (χ0) is 21.4. The molecular formula is C26H25N3O2. The van der Waals surface area contributed by atoms with Crippen LogP contribution in [0.5, 0.6) is 0 Å². The van der Waals surface area contributed by atoms with Crippen molar-refractivity contribution in [3.05, 3.63) is 83.4 Å². The van der Waals surface area contributed by atoms with Gasteiger partial charge in [0.05, 0.1) is 0 Å². The van der Waals surface area contributed by atoms with Crippen LogP contribution in [0.2, 0.25) is 0 Å². The number of likely N-dealkylation sites (N-methyl/N-ethyl adjacent to an activating group) is 1. The van der Waals surface area contributed by atoms with E-state index in [4.69, 9.17) is 0 Å². The van der Waals surface area contributed by atoms with Crippen molar-refractivity contribution in [1.82, 2.24) is 4.90 Å². The zero-order valence-corrected chi connectivity index (χ0v) is 17.6. The van der Waals surface area contributed by atoms with Gasteiger partial charge in [-0.25, -0.2) is 0 Å². The van der Waals surface area contributed by atoms with Crippen molar-refractivity contribution in [1.29, 1.82) is 0 Å². The minimum Gasteiger partial charge on any atom is -0.369 e. The largest absolute Gasteiger partial charge is 0.369 e. The number of anilines is 2. The maximum atomic E-state index is 12.8. The number of hydrogen-bond donors (Lipinski definition) is 1. The fourth-order valence-corrected chi connectivity index (χ4v) is 4.45. The van der Waals surface area contributed by atoms with E-state index in [1.807, 2.05) is 42.5 Å². The van der Waals surface area contributed by atoms with Gasteiger partial charge in [0.15, 0.2) is 5.78 Å². The van der Waals surface area contributed by atoms with Gasteiger partial charge in [-0.05, 0) is 54.1 Å². The van der Waals surface area contributed by atoms with Crippen molar-refractivity contribution in [2.45, 2.75) is 6.92 Å². The molecule has 1 aliphatic heterocycles. The second kappa shape index (κ2) is 8.00. The summed E-state index contributed by atoms with van der Waals surface area (Å²) in [6, 6.07) is 20.9. The van der Waals surface area contributed by atoms with Crippen molar-refractivity contribution < 1.29 is 9.59 Å². The van der Waals surface area contributed by atoms with Gasteiger partial charge in [0.1, 0.15) is 0 Å². The van der Waals surface area contributed by atoms with E-state index in [9.17, 15) is 9.59 Å². The topological polar surface area (TPSA) is 52.6 Å². The van der Waals surface area contributed by atoms with Crippen LogP contribution < -0.4 is 10.2 Å². The molecule has 1 saturated heterocycles. The molecule has 0 radical (unpaired) electrons. The first-order chi connectivity index (χ1) is 15.1. The van der Waals surface area contributed by atoms with Crippen LogP contribution in [0.3, 0.4) is 0 Å². The zero-order valence-electron chi connectivity index (χ0n) is 17.6. The summed E-state index contributed by atoms with van der Waals surface area (Å²) in [7, 11) is 0. The van der Waals surface area contributed by atoms with Gasteiger partial charge in [0.2, 0.25) is 0 Å². The van der Waals surface area contributed by atoms with E-state index in [1.165, 1.54) is 5.69 Å². The smallest absolute Gasteiger partial charge is 0.255 e. The van der Waals surface area contributed by atoms with E-state index in [1.54, 1.807) is 12.1 Å². The van der Waals surface area contributed by atoms with E-state index < -0.39 is 0 Å². The third kappa shape index (κ3) is 3.62. The minimum absolute atomic E-state index is 0.0206. The third-order valence-electron chi connectivity index (χ3n) is 6.30. The summed E-state index contributed by atoms with van der Waals surface area (Å²) < 4.78 is 0. The average Bonchev–Trinajstić information content (AvgIpc) is 3.11. The minimum atomic E-state index is -0.212. The van der Waals surface area contributed by atoms with Crippen LogP contribution in [0.15, 0.2) is 66.7 Å². The standard InChI is InChI=1S/C26H25N3O2/c1-2-28-13-15-29(16-14-28)20-10-8-19(9-11-20)27-26(31)18-7-12-22-21-5-3-4-6-23(21)25(30)24(22)17-18/h3-12,17H,2,13-16H2,1H3,(H,27,31). The number of hydrogen-bond acceptors (Lipinski definition) is 4. The van der Waals surface area contributed by atoms with Crippen molar-refractivity contribution in [3.8, 4) is 11.1 Å². The van der Waals surface area contributed by atoms with E-state index in [0.29, 0.717) is 16.7 Å². The molecule has 0 atom stereocenters. The van der Waals surface area contributed by atoms with Gasteiger partial charge >= 0.3 is 0 Å². The van der Waals surface area contributed by atoms with Crippen LogP contribution in [-0.2, 0) is 0 Å². The molecule has 5 nitrogen and oxygen atoms in total. The van der Waals surface area contributed by atoms with Crippen molar-refractivity contribution in [2.24, 2.45) is 0 Å². The number of nitrogens with one attached hydrogen (secondary N) is 1. The Kier molecular flexibility index (Phi) is 5.04. The molecule has 0 aromatic heterocycles. The monoisotopic (exact) mass is 411 g/mol. The Labute approximate surface area is 182 Å². The predicted octanol–water partition coefficient (Wildman–Crippen LogP) is 4.29. The summed E-state index contributed by atoms with van der Waals surface area (Å²) in [6.45, 7) is 7.49. The lowest BCUT2D eigenvalue weighted by Crippen LogP contribution is -2.46. The molecule has 0 bridgehead atoms. The number of carbonyl (C=O) groups is 2. The maximum absolute atomic E-state index is 12.8. The van der Waals surface area contributed by atoms with Crippen molar-refractivity contribution >= 4 is 23.1 Å². The molecule has 31 heavy (non-hydrogen) atoms. The fourth-order valence-electron chi connectivity index (χ4n) is 4.45. The van der Waals surface area contributed by atoms with Gasteiger partial charge in [0, 0.05) is 54.2 Å². The first-order valence-electron chi connectivity index (χ1n) is 10.8. The van der Waals surface area contributed by atoms with Crippen LogP contribution in [0.25, 0.3) is 11.1 Å². The molecule has 0 spiro atoms. The van der Waals surface area contributed by atoms with E-state index >= 15 is 0 Å². The molecule has 1 heterocycles. The Morgan fingerprint density at radius 1 is 0.839 bits per heavy atom. The predicted molar refractivity (Wildman–Crippen MR) is 124 cm³/mol. The van der Waals surface area contributed by atoms with Crippen LogP contribution in [-0.4, -0.2) is 49.3 Å². The maximum Gasteiger partial charge on any atom is 0.255 e. The summed E-state index contributed by atoms with van der Waals surface area (Å²) in [5.41, 5.74) is 5.53. The van der Waals surface area contributed by atoms with Gasteiger partial charge in [0.25, 0.3) is 5.91 Å². The van der Waals surface area contributed by atoms with Crippen LogP contribution in [0.4, 0.5) is 11.4 Å².